The number of amides is 1. The highest BCUT2D eigenvalue weighted by Gasteiger charge is 2.12. The summed E-state index contributed by atoms with van der Waals surface area (Å²) < 4.78 is 52.7. The first-order valence-corrected chi connectivity index (χ1v) is 13.0. The van der Waals surface area contributed by atoms with Gasteiger partial charge in [-0.3, -0.25) is 14.5 Å². The summed E-state index contributed by atoms with van der Waals surface area (Å²) in [6.07, 6.45) is 7.64. The number of rotatable bonds is 22. The number of guanidine groups is 2. The number of carbonyl (C=O) groups excluding carboxylic acids is 1. The Hall–Kier alpha value is -3.76. The van der Waals surface area contributed by atoms with Gasteiger partial charge in [0.1, 0.15) is 5.76 Å². The zero-order chi connectivity index (χ0) is 30.9. The van der Waals surface area contributed by atoms with Crippen LogP contribution in [0.1, 0.15) is 6.92 Å². The minimum atomic E-state index is -1.14. The molecule has 0 aliphatic rings. The van der Waals surface area contributed by atoms with Crippen molar-refractivity contribution in [2.24, 2.45) is 32.9 Å². The van der Waals surface area contributed by atoms with Crippen molar-refractivity contribution in [1.82, 2.24) is 4.72 Å². The van der Waals surface area contributed by atoms with Crippen LogP contribution in [0.4, 0.5) is 8.78 Å². The van der Waals surface area contributed by atoms with Gasteiger partial charge in [-0.2, -0.15) is 4.99 Å². The summed E-state index contributed by atoms with van der Waals surface area (Å²) in [6.45, 7) is 11.7. The van der Waals surface area contributed by atoms with E-state index in [2.05, 4.69) is 27.9 Å². The molecule has 228 valence electrons. The van der Waals surface area contributed by atoms with Crippen LogP contribution in [0.5, 0.6) is 0 Å². The van der Waals surface area contributed by atoms with E-state index in [4.69, 9.17) is 41.9 Å². The lowest BCUT2D eigenvalue weighted by Gasteiger charge is -2.08. The predicted molar refractivity (Wildman–Crippen MR) is 159 cm³/mol. The number of aliphatic imine (C=N–C) groups is 2. The lowest BCUT2D eigenvalue weighted by molar-refractivity contribution is -0.114. The fourth-order valence-corrected chi connectivity index (χ4v) is 2.75. The molecule has 0 atom stereocenters. The standard InChI is InChI=1S/C26H39F2N7O5S/c1-4-21(40-23(20(3)27)22(28)9-5-7-19(2)24(36)35-26(31)32)8-6-18-41-34-11-13-38-15-17-39-16-14-37-12-10-33-25(29)30/h4-9,18,34H,1,3,10-17H2,2H3,(H4,29,30,33)(H4,31,32,35,36)/b9-5+,18-6+,19-7+,21-8+,23-22-. The second-order valence-electron chi connectivity index (χ2n) is 7.49. The second-order valence-corrected chi connectivity index (χ2v) is 8.29. The third kappa shape index (κ3) is 21.7. The Morgan fingerprint density at radius 2 is 1.59 bits per heavy atom. The van der Waals surface area contributed by atoms with Crippen LogP contribution in [0.15, 0.2) is 93.8 Å². The molecule has 0 heterocycles. The summed E-state index contributed by atoms with van der Waals surface area (Å²) in [6, 6.07) is 0. The first-order chi connectivity index (χ1) is 19.6. The Morgan fingerprint density at radius 1 is 0.951 bits per heavy atom. The van der Waals surface area contributed by atoms with E-state index in [9.17, 15) is 13.6 Å². The van der Waals surface area contributed by atoms with Gasteiger partial charge in [0.15, 0.2) is 29.3 Å². The molecule has 0 fully saturated rings. The van der Waals surface area contributed by atoms with Gasteiger partial charge >= 0.3 is 0 Å². The van der Waals surface area contributed by atoms with Gasteiger partial charge in [-0.1, -0.05) is 43.3 Å². The third-order valence-corrected chi connectivity index (χ3v) is 4.82. The minimum absolute atomic E-state index is 0.0331. The predicted octanol–water partition coefficient (Wildman–Crippen LogP) is 2.11. The number of allylic oxidation sites excluding steroid dienone is 8. The lowest BCUT2D eigenvalue weighted by Crippen LogP contribution is -2.24. The number of hydrogen-bond donors (Lipinski definition) is 5. The average Bonchev–Trinajstić information content (AvgIpc) is 2.91. The monoisotopic (exact) mass is 599 g/mol. The molecular weight excluding hydrogens is 560 g/mol. The largest absolute Gasteiger partial charge is 0.451 e. The molecule has 0 aliphatic heterocycles. The van der Waals surface area contributed by atoms with Gasteiger partial charge in [0.2, 0.25) is 0 Å². The van der Waals surface area contributed by atoms with Gasteiger partial charge in [0.25, 0.3) is 5.91 Å². The van der Waals surface area contributed by atoms with Crippen molar-refractivity contribution in [1.29, 1.82) is 0 Å². The van der Waals surface area contributed by atoms with Crippen LogP contribution in [-0.4, -0.2) is 70.6 Å². The molecule has 41 heavy (non-hydrogen) atoms. The summed E-state index contributed by atoms with van der Waals surface area (Å²) in [5.41, 5.74) is 20.8. The van der Waals surface area contributed by atoms with Gasteiger partial charge in [-0.15, -0.1) is 0 Å². The Morgan fingerprint density at radius 3 is 2.17 bits per heavy atom. The topological polar surface area (TPSA) is 195 Å². The van der Waals surface area contributed by atoms with E-state index in [0.29, 0.717) is 52.7 Å². The van der Waals surface area contributed by atoms with Crippen LogP contribution in [0.25, 0.3) is 0 Å². The van der Waals surface area contributed by atoms with E-state index in [1.54, 1.807) is 11.5 Å². The van der Waals surface area contributed by atoms with E-state index in [1.807, 2.05) is 0 Å². The van der Waals surface area contributed by atoms with Crippen LogP contribution >= 0.6 is 11.9 Å². The van der Waals surface area contributed by atoms with Crippen molar-refractivity contribution in [2.75, 3.05) is 52.7 Å². The highest BCUT2D eigenvalue weighted by molar-refractivity contribution is 8.00. The summed E-state index contributed by atoms with van der Waals surface area (Å²) in [7, 11) is 0. The fraction of sp³-hybridized carbons (Fsp3) is 0.346. The van der Waals surface area contributed by atoms with E-state index in [0.717, 1.165) is 6.08 Å². The summed E-state index contributed by atoms with van der Waals surface area (Å²) in [4.78, 5) is 18.8. The molecule has 0 saturated carbocycles. The lowest BCUT2D eigenvalue weighted by atomic mass is 10.2. The molecule has 0 aromatic carbocycles. The Labute approximate surface area is 243 Å². The molecule has 0 aromatic rings. The highest BCUT2D eigenvalue weighted by atomic mass is 32.2. The van der Waals surface area contributed by atoms with Crippen LogP contribution in [0, 0.1) is 0 Å². The number of halogens is 2. The molecule has 0 bridgehead atoms. The van der Waals surface area contributed by atoms with Crippen molar-refractivity contribution >= 4 is 29.8 Å². The molecule has 12 nitrogen and oxygen atoms in total. The van der Waals surface area contributed by atoms with Crippen molar-refractivity contribution in [3.8, 4) is 0 Å². The van der Waals surface area contributed by atoms with Gasteiger partial charge in [-0.05, 0) is 30.6 Å². The Balaban J connectivity index is 4.40. The normalized spacial score (nSPS) is 12.8. The maximum Gasteiger partial charge on any atom is 0.275 e. The summed E-state index contributed by atoms with van der Waals surface area (Å²) >= 11 is 1.27. The molecule has 0 rings (SSSR count). The van der Waals surface area contributed by atoms with Crippen molar-refractivity contribution in [2.45, 2.75) is 6.92 Å². The van der Waals surface area contributed by atoms with Gasteiger partial charge in [0, 0.05) is 12.1 Å². The molecule has 15 heteroatoms. The van der Waals surface area contributed by atoms with Crippen LogP contribution < -0.4 is 27.7 Å². The smallest absolute Gasteiger partial charge is 0.275 e. The van der Waals surface area contributed by atoms with E-state index >= 15 is 0 Å². The Kier molecular flexibility index (Phi) is 21.9. The number of ether oxygens (including phenoxy) is 4. The molecule has 1 amide bonds. The minimum Gasteiger partial charge on any atom is -0.451 e. The van der Waals surface area contributed by atoms with Crippen molar-refractivity contribution in [3.63, 3.8) is 0 Å². The zero-order valence-electron chi connectivity index (χ0n) is 23.0. The second kappa shape index (κ2) is 24.1. The molecule has 0 saturated heterocycles. The molecular formula is C26H39F2N7O5S. The average molecular weight is 600 g/mol. The first-order valence-electron chi connectivity index (χ1n) is 12.2. The van der Waals surface area contributed by atoms with Crippen LogP contribution in [0.2, 0.25) is 0 Å². The number of nitrogens with zero attached hydrogens (tertiary/aromatic N) is 2. The maximum atomic E-state index is 14.5. The molecule has 9 N–H and O–H groups in total. The van der Waals surface area contributed by atoms with E-state index in [1.165, 1.54) is 43.2 Å². The zero-order valence-corrected chi connectivity index (χ0v) is 23.8. The van der Waals surface area contributed by atoms with Crippen LogP contribution in [-0.2, 0) is 23.7 Å². The maximum absolute atomic E-state index is 14.5. The summed E-state index contributed by atoms with van der Waals surface area (Å²) in [5, 5.41) is 1.69. The van der Waals surface area contributed by atoms with Crippen molar-refractivity contribution in [3.05, 3.63) is 83.8 Å². The molecule has 0 aliphatic carbocycles. The SMILES string of the molecule is C=C/C(=C\C=C\SNCCOCCOCCOCCN=C(N)N)O/C(C(=C)F)=C(F)/C=C/C=C(\C)C(=O)N=C(N)N. The van der Waals surface area contributed by atoms with Gasteiger partial charge < -0.3 is 41.9 Å². The van der Waals surface area contributed by atoms with E-state index < -0.39 is 29.3 Å². The fourth-order valence-electron chi connectivity index (χ4n) is 2.30. The molecule has 0 aromatic heterocycles. The highest BCUT2D eigenvalue weighted by Crippen LogP contribution is 2.22. The molecule has 0 spiro atoms. The molecule has 0 radical (unpaired) electrons. The Bertz CT molecular complexity index is 1050. The third-order valence-electron chi connectivity index (χ3n) is 4.15. The van der Waals surface area contributed by atoms with Crippen LogP contribution in [0.3, 0.4) is 0 Å². The first kappa shape index (κ1) is 37.2. The number of carbonyl (C=O) groups is 1. The summed E-state index contributed by atoms with van der Waals surface area (Å²) in [5.74, 6) is -3.96. The van der Waals surface area contributed by atoms with Crippen molar-refractivity contribution < 1.29 is 32.5 Å². The number of hydrogen-bond acceptors (Lipinski definition) is 8. The quantitative estimate of drug-likeness (QED) is 0.0233. The van der Waals surface area contributed by atoms with Gasteiger partial charge in [0.05, 0.1) is 46.2 Å². The number of nitrogens with one attached hydrogen (secondary N) is 1. The number of nitrogens with two attached hydrogens (primary N) is 4. The molecule has 0 unspecified atom stereocenters. The van der Waals surface area contributed by atoms with E-state index in [-0.39, 0.29) is 17.3 Å². The van der Waals surface area contributed by atoms with Gasteiger partial charge in [-0.25, -0.2) is 8.78 Å².